The van der Waals surface area contributed by atoms with E-state index in [4.69, 9.17) is 0 Å². The second kappa shape index (κ2) is 7.61. The highest BCUT2D eigenvalue weighted by Gasteiger charge is 2.43. The number of halogens is 2. The van der Waals surface area contributed by atoms with Crippen LogP contribution in [0.3, 0.4) is 0 Å². The number of amides is 1. The van der Waals surface area contributed by atoms with Crippen LogP contribution in [-0.2, 0) is 4.79 Å². The normalized spacial score (nSPS) is 20.2. The van der Waals surface area contributed by atoms with E-state index in [2.05, 4.69) is 10.1 Å². The minimum Gasteiger partial charge on any atom is -0.435 e. The summed E-state index contributed by atoms with van der Waals surface area (Å²) in [4.78, 5) is 12.2. The molecule has 4 nitrogen and oxygen atoms in total. The largest absolute Gasteiger partial charge is 0.435 e. The molecule has 3 rings (SSSR count). The maximum Gasteiger partial charge on any atom is 0.387 e. The van der Waals surface area contributed by atoms with Gasteiger partial charge in [0.2, 0.25) is 5.91 Å². The van der Waals surface area contributed by atoms with Crippen molar-refractivity contribution in [3.05, 3.63) is 65.7 Å². The van der Waals surface area contributed by atoms with Crippen molar-refractivity contribution in [2.24, 2.45) is 5.92 Å². The van der Waals surface area contributed by atoms with Gasteiger partial charge in [0.1, 0.15) is 5.75 Å². The zero-order valence-corrected chi connectivity index (χ0v) is 13.4. The molecule has 6 heteroatoms. The number of benzene rings is 2. The van der Waals surface area contributed by atoms with Crippen LogP contribution >= 0.6 is 0 Å². The average molecular weight is 347 g/mol. The third-order valence-electron chi connectivity index (χ3n) is 4.31. The monoisotopic (exact) mass is 347 g/mol. The maximum atomic E-state index is 12.2. The molecule has 0 saturated heterocycles. The number of aliphatic hydroxyl groups excluding tert-OH is 1. The first-order chi connectivity index (χ1) is 12.0. The quantitative estimate of drug-likeness (QED) is 0.808. The zero-order chi connectivity index (χ0) is 17.8. The molecule has 3 atom stereocenters. The van der Waals surface area contributed by atoms with Gasteiger partial charge in [0.15, 0.2) is 0 Å². The molecule has 0 heterocycles. The first-order valence-electron chi connectivity index (χ1n) is 8.10. The van der Waals surface area contributed by atoms with E-state index in [-0.39, 0.29) is 30.0 Å². The van der Waals surface area contributed by atoms with Crippen molar-refractivity contribution in [1.29, 1.82) is 0 Å². The molecule has 2 aromatic carbocycles. The van der Waals surface area contributed by atoms with Crippen molar-refractivity contribution in [2.75, 3.05) is 6.54 Å². The fourth-order valence-electron chi connectivity index (χ4n) is 2.87. The van der Waals surface area contributed by atoms with E-state index in [1.54, 1.807) is 0 Å². The van der Waals surface area contributed by atoms with E-state index in [1.807, 2.05) is 30.3 Å². The SMILES string of the molecule is O=C(NCC(O)c1ccc(OC(F)F)cc1)C1CC1c1ccccc1. The number of ether oxygens (including phenoxy) is 1. The van der Waals surface area contributed by atoms with Gasteiger partial charge >= 0.3 is 6.61 Å². The first kappa shape index (κ1) is 17.4. The van der Waals surface area contributed by atoms with Crippen LogP contribution in [-0.4, -0.2) is 24.2 Å². The van der Waals surface area contributed by atoms with Crippen LogP contribution in [0.25, 0.3) is 0 Å². The van der Waals surface area contributed by atoms with Crippen molar-refractivity contribution >= 4 is 5.91 Å². The number of aliphatic hydroxyl groups is 1. The fourth-order valence-corrected chi connectivity index (χ4v) is 2.87. The highest BCUT2D eigenvalue weighted by molar-refractivity contribution is 5.82. The summed E-state index contributed by atoms with van der Waals surface area (Å²) in [5, 5.41) is 12.9. The lowest BCUT2D eigenvalue weighted by Crippen LogP contribution is -2.30. The van der Waals surface area contributed by atoms with E-state index in [1.165, 1.54) is 24.3 Å². The molecule has 0 aliphatic heterocycles. The standard InChI is InChI=1S/C19H19F2NO3/c20-19(21)25-14-8-6-13(7-9-14)17(23)11-22-18(24)16-10-15(16)12-4-2-1-3-5-12/h1-9,15-17,19,23H,10-11H2,(H,22,24). The third kappa shape index (κ3) is 4.54. The van der Waals surface area contributed by atoms with Crippen molar-refractivity contribution in [1.82, 2.24) is 5.32 Å². The predicted molar refractivity (Wildman–Crippen MR) is 88.3 cm³/mol. The molecule has 2 N–H and O–H groups in total. The van der Waals surface area contributed by atoms with Crippen LogP contribution in [0.2, 0.25) is 0 Å². The Hall–Kier alpha value is -2.47. The van der Waals surface area contributed by atoms with Crippen LogP contribution in [0.4, 0.5) is 8.78 Å². The number of carbonyl (C=O) groups excluding carboxylic acids is 1. The van der Waals surface area contributed by atoms with E-state index in [0.717, 1.165) is 12.0 Å². The lowest BCUT2D eigenvalue weighted by Gasteiger charge is -2.13. The maximum absolute atomic E-state index is 12.2. The Morgan fingerprint density at radius 2 is 1.84 bits per heavy atom. The summed E-state index contributed by atoms with van der Waals surface area (Å²) < 4.78 is 28.5. The Bertz CT molecular complexity index is 706. The van der Waals surface area contributed by atoms with E-state index in [0.29, 0.717) is 5.56 Å². The van der Waals surface area contributed by atoms with Gasteiger partial charge in [0.05, 0.1) is 6.10 Å². The number of rotatable bonds is 7. The van der Waals surface area contributed by atoms with Gasteiger partial charge in [-0.1, -0.05) is 42.5 Å². The van der Waals surface area contributed by atoms with Gasteiger partial charge in [-0.25, -0.2) is 0 Å². The van der Waals surface area contributed by atoms with Crippen molar-refractivity contribution in [3.8, 4) is 5.75 Å². The Morgan fingerprint density at radius 1 is 1.16 bits per heavy atom. The summed E-state index contributed by atoms with van der Waals surface area (Å²) in [5.41, 5.74) is 1.68. The minimum absolute atomic E-state index is 0.0265. The summed E-state index contributed by atoms with van der Waals surface area (Å²) >= 11 is 0. The second-order valence-corrected chi connectivity index (χ2v) is 6.07. The molecular weight excluding hydrogens is 328 g/mol. The molecule has 1 aliphatic rings. The van der Waals surface area contributed by atoms with Crippen LogP contribution < -0.4 is 10.1 Å². The molecule has 2 aromatic rings. The lowest BCUT2D eigenvalue weighted by atomic mass is 10.1. The van der Waals surface area contributed by atoms with Crippen molar-refractivity contribution in [3.63, 3.8) is 0 Å². The molecule has 3 unspecified atom stereocenters. The predicted octanol–water partition coefficient (Wildman–Crippen LogP) is 3.24. The zero-order valence-electron chi connectivity index (χ0n) is 13.4. The Morgan fingerprint density at radius 3 is 2.48 bits per heavy atom. The second-order valence-electron chi connectivity index (χ2n) is 6.07. The third-order valence-corrected chi connectivity index (χ3v) is 4.31. The molecule has 1 saturated carbocycles. The van der Waals surface area contributed by atoms with E-state index >= 15 is 0 Å². The van der Waals surface area contributed by atoms with Gasteiger partial charge in [0.25, 0.3) is 0 Å². The molecular formula is C19H19F2NO3. The molecule has 1 aliphatic carbocycles. The van der Waals surface area contributed by atoms with Gasteiger partial charge in [-0.2, -0.15) is 8.78 Å². The average Bonchev–Trinajstić information content (AvgIpc) is 3.41. The minimum atomic E-state index is -2.88. The molecule has 0 bridgehead atoms. The number of hydrogen-bond acceptors (Lipinski definition) is 3. The summed E-state index contributed by atoms with van der Waals surface area (Å²) in [7, 11) is 0. The van der Waals surface area contributed by atoms with Gasteiger partial charge in [-0.15, -0.1) is 0 Å². The van der Waals surface area contributed by atoms with Crippen molar-refractivity contribution in [2.45, 2.75) is 25.1 Å². The molecule has 1 amide bonds. The van der Waals surface area contributed by atoms with E-state index < -0.39 is 12.7 Å². The van der Waals surface area contributed by atoms with Gasteiger partial charge in [-0.05, 0) is 35.6 Å². The molecule has 25 heavy (non-hydrogen) atoms. The highest BCUT2D eigenvalue weighted by Crippen LogP contribution is 2.47. The Kier molecular flexibility index (Phi) is 5.28. The van der Waals surface area contributed by atoms with Crippen LogP contribution in [0, 0.1) is 5.92 Å². The summed E-state index contributed by atoms with van der Waals surface area (Å²) in [6, 6.07) is 15.6. The first-order valence-corrected chi connectivity index (χ1v) is 8.10. The molecule has 0 spiro atoms. The van der Waals surface area contributed by atoms with Gasteiger partial charge in [-0.3, -0.25) is 4.79 Å². The van der Waals surface area contributed by atoms with Crippen molar-refractivity contribution < 1.29 is 23.4 Å². The molecule has 132 valence electrons. The van der Waals surface area contributed by atoms with Crippen LogP contribution in [0.5, 0.6) is 5.75 Å². The smallest absolute Gasteiger partial charge is 0.387 e. The molecule has 0 radical (unpaired) electrons. The van der Waals surface area contributed by atoms with Crippen LogP contribution in [0.15, 0.2) is 54.6 Å². The van der Waals surface area contributed by atoms with Gasteiger partial charge < -0.3 is 15.2 Å². The van der Waals surface area contributed by atoms with Gasteiger partial charge in [0, 0.05) is 12.5 Å². The lowest BCUT2D eigenvalue weighted by molar-refractivity contribution is -0.122. The summed E-state index contributed by atoms with van der Waals surface area (Å²) in [6.07, 6.45) is -0.0931. The number of hydrogen-bond donors (Lipinski definition) is 2. The topological polar surface area (TPSA) is 58.6 Å². The summed E-state index contributed by atoms with van der Waals surface area (Å²) in [5.74, 6) is 0.129. The molecule has 1 fully saturated rings. The van der Waals surface area contributed by atoms with E-state index in [9.17, 15) is 18.7 Å². The highest BCUT2D eigenvalue weighted by atomic mass is 19.3. The number of alkyl halides is 2. The fraction of sp³-hybridized carbons (Fsp3) is 0.316. The molecule has 0 aromatic heterocycles. The Labute approximate surface area is 144 Å². The van der Waals surface area contributed by atoms with Crippen LogP contribution in [0.1, 0.15) is 29.6 Å². The number of carbonyl (C=O) groups is 1. The summed E-state index contributed by atoms with van der Waals surface area (Å²) in [6.45, 7) is -2.81. The number of nitrogens with one attached hydrogen (secondary N) is 1. The Balaban J connectivity index is 1.47.